The Morgan fingerprint density at radius 3 is 2.69 bits per heavy atom. The number of nitriles is 1. The fourth-order valence-electron chi connectivity index (χ4n) is 3.66. The summed E-state index contributed by atoms with van der Waals surface area (Å²) in [5, 5.41) is 18.4. The summed E-state index contributed by atoms with van der Waals surface area (Å²) in [5.74, 6) is 0.0488. The first-order valence-electron chi connectivity index (χ1n) is 10.6. The number of anilines is 1. The number of pyridine rings is 1. The zero-order valence-electron chi connectivity index (χ0n) is 18.9. The van der Waals surface area contributed by atoms with E-state index in [0.717, 1.165) is 11.3 Å². The first kappa shape index (κ1) is 21.7. The van der Waals surface area contributed by atoms with Crippen molar-refractivity contribution < 1.29 is 4.74 Å². The van der Waals surface area contributed by atoms with E-state index in [1.54, 1.807) is 43.6 Å². The second-order valence-corrected chi connectivity index (χ2v) is 7.72. The molecule has 11 nitrogen and oxygen atoms in total. The van der Waals surface area contributed by atoms with Crippen molar-refractivity contribution >= 4 is 11.6 Å². The summed E-state index contributed by atoms with van der Waals surface area (Å²) in [6, 6.07) is 16.0. The van der Waals surface area contributed by atoms with E-state index in [1.807, 2.05) is 19.1 Å². The van der Waals surface area contributed by atoms with Gasteiger partial charge in [-0.1, -0.05) is 24.3 Å². The molecule has 0 bridgehead atoms. The smallest absolute Gasteiger partial charge is 0.336 e. The van der Waals surface area contributed by atoms with Gasteiger partial charge >= 0.3 is 6.01 Å². The summed E-state index contributed by atoms with van der Waals surface area (Å²) in [5.41, 5.74) is 10.2. The maximum absolute atomic E-state index is 12.0. The molecule has 0 aliphatic heterocycles. The van der Waals surface area contributed by atoms with Gasteiger partial charge in [0.25, 0.3) is 5.56 Å². The van der Waals surface area contributed by atoms with Crippen molar-refractivity contribution in [2.24, 2.45) is 7.05 Å². The molecule has 0 saturated carbocycles. The van der Waals surface area contributed by atoms with E-state index in [1.165, 1.54) is 15.3 Å². The number of hydrogen-bond acceptors (Lipinski definition) is 9. The Labute approximate surface area is 199 Å². The lowest BCUT2D eigenvalue weighted by Crippen LogP contribution is -2.18. The van der Waals surface area contributed by atoms with Gasteiger partial charge in [-0.25, -0.2) is 9.67 Å². The number of hydrogen-bond donors (Lipinski definition) is 1. The number of rotatable bonds is 5. The minimum atomic E-state index is -0.275. The van der Waals surface area contributed by atoms with Gasteiger partial charge in [-0.05, 0) is 30.7 Å². The van der Waals surface area contributed by atoms with E-state index in [4.69, 9.17) is 10.5 Å². The van der Waals surface area contributed by atoms with Crippen molar-refractivity contribution in [3.63, 3.8) is 0 Å². The van der Waals surface area contributed by atoms with Crippen LogP contribution in [0.5, 0.6) is 6.01 Å². The Morgan fingerprint density at radius 2 is 1.91 bits per heavy atom. The molecule has 4 aromatic heterocycles. The van der Waals surface area contributed by atoms with Crippen LogP contribution in [0.3, 0.4) is 0 Å². The predicted molar refractivity (Wildman–Crippen MR) is 127 cm³/mol. The molecule has 35 heavy (non-hydrogen) atoms. The van der Waals surface area contributed by atoms with Crippen molar-refractivity contribution in [3.05, 3.63) is 81.9 Å². The predicted octanol–water partition coefficient (Wildman–Crippen LogP) is 2.29. The normalized spacial score (nSPS) is 10.9. The SMILES string of the molecule is Cc1cccnc1COc1nc2c(-c3ccc(=O)n(C)n3)c(-c3ccccc3C#N)nc(N)n2n1. The van der Waals surface area contributed by atoms with E-state index in [0.29, 0.717) is 33.7 Å². The van der Waals surface area contributed by atoms with Crippen molar-refractivity contribution in [3.8, 4) is 34.6 Å². The Balaban J connectivity index is 1.72. The van der Waals surface area contributed by atoms with E-state index in [9.17, 15) is 10.1 Å². The molecule has 0 amide bonds. The monoisotopic (exact) mass is 465 g/mol. The molecule has 0 aliphatic carbocycles. The molecule has 1 aromatic carbocycles. The quantitative estimate of drug-likeness (QED) is 0.412. The van der Waals surface area contributed by atoms with Crippen LogP contribution in [-0.4, -0.2) is 34.3 Å². The van der Waals surface area contributed by atoms with Gasteiger partial charge in [0.15, 0.2) is 5.65 Å². The van der Waals surface area contributed by atoms with Crippen LogP contribution in [0.4, 0.5) is 5.95 Å². The molecular weight excluding hydrogens is 446 g/mol. The summed E-state index contributed by atoms with van der Waals surface area (Å²) >= 11 is 0. The van der Waals surface area contributed by atoms with E-state index >= 15 is 0 Å². The fraction of sp³-hybridized carbons (Fsp3) is 0.125. The Hall–Kier alpha value is -5.11. The highest BCUT2D eigenvalue weighted by atomic mass is 16.5. The molecule has 11 heteroatoms. The molecule has 0 radical (unpaired) electrons. The molecule has 172 valence electrons. The fourth-order valence-corrected chi connectivity index (χ4v) is 3.66. The maximum Gasteiger partial charge on any atom is 0.336 e. The third-order valence-corrected chi connectivity index (χ3v) is 5.47. The number of ether oxygens (including phenoxy) is 1. The highest BCUT2D eigenvalue weighted by Crippen LogP contribution is 2.35. The van der Waals surface area contributed by atoms with E-state index < -0.39 is 0 Å². The summed E-state index contributed by atoms with van der Waals surface area (Å²) in [6.07, 6.45) is 1.69. The standard InChI is InChI=1S/C24H19N9O2/c1-14-6-5-11-27-18(14)13-35-24-29-22-20(17-9-10-19(34)32(2)30-17)21(28-23(26)33(22)31-24)16-8-4-3-7-15(16)12-25/h3-11H,13H2,1-2H3,(H2,26,28). The zero-order chi connectivity index (χ0) is 24.5. The Kier molecular flexibility index (Phi) is 5.39. The van der Waals surface area contributed by atoms with Crippen molar-refractivity contribution in [1.29, 1.82) is 5.26 Å². The van der Waals surface area contributed by atoms with Gasteiger partial charge in [-0.2, -0.15) is 19.9 Å². The Bertz CT molecular complexity index is 1680. The van der Waals surface area contributed by atoms with Crippen molar-refractivity contribution in [1.82, 2.24) is 34.3 Å². The molecule has 0 atom stereocenters. The van der Waals surface area contributed by atoms with Gasteiger partial charge in [-0.15, -0.1) is 5.10 Å². The van der Waals surface area contributed by atoms with Crippen molar-refractivity contribution in [2.45, 2.75) is 13.5 Å². The van der Waals surface area contributed by atoms with E-state index in [-0.39, 0.29) is 24.1 Å². The van der Waals surface area contributed by atoms with Crippen LogP contribution < -0.4 is 16.0 Å². The number of nitrogens with zero attached hydrogens (tertiary/aromatic N) is 8. The molecule has 0 aliphatic rings. The molecule has 4 heterocycles. The van der Waals surface area contributed by atoms with Crippen molar-refractivity contribution in [2.75, 3.05) is 5.73 Å². The van der Waals surface area contributed by atoms with Gasteiger partial charge in [0.2, 0.25) is 5.95 Å². The lowest BCUT2D eigenvalue weighted by Gasteiger charge is -2.12. The lowest BCUT2D eigenvalue weighted by atomic mass is 9.99. The second-order valence-electron chi connectivity index (χ2n) is 7.72. The largest absolute Gasteiger partial charge is 0.456 e. The molecular formula is C24H19N9O2. The van der Waals surface area contributed by atoms with Gasteiger partial charge in [0.1, 0.15) is 6.61 Å². The van der Waals surface area contributed by atoms with Gasteiger partial charge in [0, 0.05) is 24.9 Å². The van der Waals surface area contributed by atoms with Gasteiger partial charge in [-0.3, -0.25) is 9.78 Å². The third kappa shape index (κ3) is 3.93. The topological polar surface area (TPSA) is 150 Å². The number of fused-ring (bicyclic) bond motifs is 1. The molecule has 2 N–H and O–H groups in total. The van der Waals surface area contributed by atoms with Gasteiger partial charge < -0.3 is 10.5 Å². The number of aromatic nitrogens is 7. The minimum absolute atomic E-state index is 0.0488. The summed E-state index contributed by atoms with van der Waals surface area (Å²) < 4.78 is 8.38. The average Bonchev–Trinajstić information content (AvgIpc) is 3.30. The highest BCUT2D eigenvalue weighted by molar-refractivity contribution is 5.90. The highest BCUT2D eigenvalue weighted by Gasteiger charge is 2.23. The number of nitrogens with two attached hydrogens (primary N) is 1. The average molecular weight is 465 g/mol. The molecule has 0 fully saturated rings. The summed E-state index contributed by atoms with van der Waals surface area (Å²) in [4.78, 5) is 25.4. The first-order valence-corrected chi connectivity index (χ1v) is 10.6. The molecule has 5 rings (SSSR count). The summed E-state index contributed by atoms with van der Waals surface area (Å²) in [6.45, 7) is 2.10. The van der Waals surface area contributed by atoms with Crippen LogP contribution in [0.2, 0.25) is 0 Å². The Morgan fingerprint density at radius 1 is 1.09 bits per heavy atom. The second kappa shape index (κ2) is 8.68. The number of benzene rings is 1. The molecule has 0 unspecified atom stereocenters. The molecule has 0 saturated heterocycles. The van der Waals surface area contributed by atoms with Crippen LogP contribution in [0, 0.1) is 18.3 Å². The molecule has 5 aromatic rings. The van der Waals surface area contributed by atoms with Gasteiger partial charge in [0.05, 0.1) is 34.3 Å². The number of aryl methyl sites for hydroxylation is 2. The van der Waals surface area contributed by atoms with Crippen LogP contribution in [0.1, 0.15) is 16.8 Å². The van der Waals surface area contributed by atoms with Crippen LogP contribution in [0.25, 0.3) is 28.2 Å². The minimum Gasteiger partial charge on any atom is -0.456 e. The lowest BCUT2D eigenvalue weighted by molar-refractivity contribution is 0.276. The van der Waals surface area contributed by atoms with Crippen LogP contribution in [0.15, 0.2) is 59.5 Å². The van der Waals surface area contributed by atoms with Crippen LogP contribution in [-0.2, 0) is 13.7 Å². The molecule has 0 spiro atoms. The summed E-state index contributed by atoms with van der Waals surface area (Å²) in [7, 11) is 1.55. The first-order chi connectivity index (χ1) is 17.0. The van der Waals surface area contributed by atoms with Crippen LogP contribution >= 0.6 is 0 Å². The maximum atomic E-state index is 12.0. The zero-order valence-corrected chi connectivity index (χ0v) is 18.9. The van der Waals surface area contributed by atoms with E-state index in [2.05, 4.69) is 31.2 Å². The number of nitrogen functional groups attached to an aromatic ring is 1. The third-order valence-electron chi connectivity index (χ3n) is 5.47.